The summed E-state index contributed by atoms with van der Waals surface area (Å²) in [5.41, 5.74) is 1.29. The Hall–Kier alpha value is -0.810. The molecule has 1 aliphatic rings. The second-order valence-corrected chi connectivity index (χ2v) is 5.75. The molecule has 0 spiro atoms. The van der Waals surface area contributed by atoms with E-state index in [9.17, 15) is 5.26 Å². The maximum Gasteiger partial charge on any atom is 0.0693 e. The predicted octanol–water partition coefficient (Wildman–Crippen LogP) is 4.54. The van der Waals surface area contributed by atoms with E-state index < -0.39 is 0 Å². The maximum absolute atomic E-state index is 9.51. The van der Waals surface area contributed by atoms with Crippen molar-refractivity contribution in [3.05, 3.63) is 22.4 Å². The second kappa shape index (κ2) is 5.50. The van der Waals surface area contributed by atoms with Crippen molar-refractivity contribution in [3.63, 3.8) is 0 Å². The van der Waals surface area contributed by atoms with Gasteiger partial charge in [-0.3, -0.25) is 0 Å². The van der Waals surface area contributed by atoms with Crippen molar-refractivity contribution >= 4 is 11.3 Å². The van der Waals surface area contributed by atoms with E-state index in [-0.39, 0.29) is 5.41 Å². The molecule has 0 bridgehead atoms. The highest BCUT2D eigenvalue weighted by atomic mass is 32.1. The number of thiophene rings is 1. The van der Waals surface area contributed by atoms with Gasteiger partial charge in [-0.2, -0.15) is 16.6 Å². The normalized spacial score (nSPS) is 20.7. The number of nitriles is 1. The molecule has 0 amide bonds. The van der Waals surface area contributed by atoms with Crippen LogP contribution in [0.15, 0.2) is 16.8 Å². The van der Waals surface area contributed by atoms with Crippen molar-refractivity contribution in [2.24, 2.45) is 5.41 Å². The van der Waals surface area contributed by atoms with E-state index in [0.29, 0.717) is 0 Å². The molecular formula is C14H19NS. The molecule has 86 valence electrons. The van der Waals surface area contributed by atoms with Gasteiger partial charge in [0.1, 0.15) is 0 Å². The van der Waals surface area contributed by atoms with Gasteiger partial charge in [0.05, 0.1) is 11.5 Å². The van der Waals surface area contributed by atoms with E-state index >= 15 is 0 Å². The van der Waals surface area contributed by atoms with Crippen LogP contribution in [0.1, 0.15) is 50.5 Å². The van der Waals surface area contributed by atoms with E-state index in [1.165, 1.54) is 37.7 Å². The Morgan fingerprint density at radius 2 is 1.88 bits per heavy atom. The largest absolute Gasteiger partial charge is 0.198 e. The minimum Gasteiger partial charge on any atom is -0.198 e. The molecular weight excluding hydrogens is 214 g/mol. The lowest BCUT2D eigenvalue weighted by Crippen LogP contribution is -2.22. The van der Waals surface area contributed by atoms with Crippen LogP contribution < -0.4 is 0 Å². The average Bonchev–Trinajstić information content (AvgIpc) is 2.75. The zero-order valence-electron chi connectivity index (χ0n) is 9.74. The van der Waals surface area contributed by atoms with Gasteiger partial charge in [0.2, 0.25) is 0 Å². The smallest absolute Gasteiger partial charge is 0.0693 e. The van der Waals surface area contributed by atoms with Gasteiger partial charge in [0.25, 0.3) is 0 Å². The fourth-order valence-electron chi connectivity index (χ4n) is 2.69. The summed E-state index contributed by atoms with van der Waals surface area (Å²) in [4.78, 5) is 0. The van der Waals surface area contributed by atoms with Gasteiger partial charge in [-0.15, -0.1) is 0 Å². The Morgan fingerprint density at radius 3 is 2.44 bits per heavy atom. The molecule has 0 radical (unpaired) electrons. The highest BCUT2D eigenvalue weighted by Crippen LogP contribution is 2.37. The van der Waals surface area contributed by atoms with Crippen LogP contribution in [-0.4, -0.2) is 0 Å². The van der Waals surface area contributed by atoms with Crippen molar-refractivity contribution in [1.82, 2.24) is 0 Å². The number of nitrogens with zero attached hydrogens (tertiary/aromatic N) is 1. The first-order valence-electron chi connectivity index (χ1n) is 6.27. The van der Waals surface area contributed by atoms with Crippen molar-refractivity contribution in [1.29, 1.82) is 5.26 Å². The first-order valence-corrected chi connectivity index (χ1v) is 7.21. The third-order valence-electron chi connectivity index (χ3n) is 3.67. The van der Waals surface area contributed by atoms with Crippen LogP contribution in [-0.2, 0) is 6.42 Å². The molecule has 2 heteroatoms. The van der Waals surface area contributed by atoms with Gasteiger partial charge in [-0.1, -0.05) is 32.1 Å². The lowest BCUT2D eigenvalue weighted by Gasteiger charge is -2.28. The molecule has 16 heavy (non-hydrogen) atoms. The summed E-state index contributed by atoms with van der Waals surface area (Å²) >= 11 is 1.74. The average molecular weight is 233 g/mol. The quantitative estimate of drug-likeness (QED) is 0.735. The molecule has 1 aliphatic carbocycles. The summed E-state index contributed by atoms with van der Waals surface area (Å²) in [6.07, 6.45) is 9.61. The molecule has 0 atom stereocenters. The summed E-state index contributed by atoms with van der Waals surface area (Å²) in [5, 5.41) is 13.8. The molecule has 0 unspecified atom stereocenters. The second-order valence-electron chi connectivity index (χ2n) is 4.97. The highest BCUT2D eigenvalue weighted by molar-refractivity contribution is 7.07. The topological polar surface area (TPSA) is 23.8 Å². The Labute approximate surface area is 102 Å². The lowest BCUT2D eigenvalue weighted by molar-refractivity contribution is 0.287. The summed E-state index contributed by atoms with van der Waals surface area (Å²) in [5.74, 6) is 0. The zero-order valence-corrected chi connectivity index (χ0v) is 10.6. The van der Waals surface area contributed by atoms with E-state index in [2.05, 4.69) is 22.9 Å². The molecule has 1 saturated carbocycles. The maximum atomic E-state index is 9.51. The molecule has 0 N–H and O–H groups in total. The van der Waals surface area contributed by atoms with Crippen LogP contribution in [0.3, 0.4) is 0 Å². The number of rotatable bonds is 2. The molecule has 1 aromatic heterocycles. The highest BCUT2D eigenvalue weighted by Gasteiger charge is 2.30. The standard InChI is InChI=1S/C14H19NS/c15-12-14(10-13-6-9-16-11-13)7-4-2-1-3-5-8-14/h6,9,11H,1-5,7-8,10H2. The lowest BCUT2D eigenvalue weighted by atomic mass is 9.74. The van der Waals surface area contributed by atoms with E-state index in [4.69, 9.17) is 0 Å². The van der Waals surface area contributed by atoms with Crippen LogP contribution in [0.5, 0.6) is 0 Å². The molecule has 1 heterocycles. The minimum atomic E-state index is -0.0680. The third-order valence-corrected chi connectivity index (χ3v) is 4.40. The monoisotopic (exact) mass is 233 g/mol. The van der Waals surface area contributed by atoms with Gasteiger partial charge in [-0.05, 0) is 41.7 Å². The number of hydrogen-bond donors (Lipinski definition) is 0. The van der Waals surface area contributed by atoms with Crippen LogP contribution >= 0.6 is 11.3 Å². The Bertz CT molecular complexity index is 339. The van der Waals surface area contributed by atoms with Crippen molar-refractivity contribution < 1.29 is 0 Å². The Morgan fingerprint density at radius 1 is 1.19 bits per heavy atom. The molecule has 2 rings (SSSR count). The van der Waals surface area contributed by atoms with Crippen LogP contribution in [0.2, 0.25) is 0 Å². The molecule has 0 aliphatic heterocycles. The van der Waals surface area contributed by atoms with Crippen LogP contribution in [0.25, 0.3) is 0 Å². The summed E-state index contributed by atoms with van der Waals surface area (Å²) in [6, 6.07) is 4.80. The van der Waals surface area contributed by atoms with E-state index in [1.54, 1.807) is 11.3 Å². The first-order chi connectivity index (χ1) is 7.85. The first kappa shape index (κ1) is 11.7. The van der Waals surface area contributed by atoms with E-state index in [1.807, 2.05) is 0 Å². The Balaban J connectivity index is 2.07. The molecule has 1 aromatic rings. The zero-order chi connectivity index (χ0) is 11.3. The fourth-order valence-corrected chi connectivity index (χ4v) is 3.36. The summed E-state index contributed by atoms with van der Waals surface area (Å²) < 4.78 is 0. The molecule has 1 fully saturated rings. The molecule has 1 nitrogen and oxygen atoms in total. The molecule has 0 saturated heterocycles. The van der Waals surface area contributed by atoms with Gasteiger partial charge in [0.15, 0.2) is 0 Å². The number of hydrogen-bond acceptors (Lipinski definition) is 2. The SMILES string of the molecule is N#CC1(Cc2ccsc2)CCCCCCC1. The Kier molecular flexibility index (Phi) is 4.01. The van der Waals surface area contributed by atoms with Gasteiger partial charge in [0, 0.05) is 0 Å². The van der Waals surface area contributed by atoms with Crippen molar-refractivity contribution in [2.75, 3.05) is 0 Å². The van der Waals surface area contributed by atoms with Crippen molar-refractivity contribution in [2.45, 2.75) is 51.4 Å². The van der Waals surface area contributed by atoms with Gasteiger partial charge < -0.3 is 0 Å². The van der Waals surface area contributed by atoms with Crippen LogP contribution in [0, 0.1) is 16.7 Å². The molecule has 0 aromatic carbocycles. The minimum absolute atomic E-state index is 0.0680. The fraction of sp³-hybridized carbons (Fsp3) is 0.643. The third kappa shape index (κ3) is 2.86. The predicted molar refractivity (Wildman–Crippen MR) is 68.4 cm³/mol. The van der Waals surface area contributed by atoms with E-state index in [0.717, 1.165) is 19.3 Å². The van der Waals surface area contributed by atoms with Crippen LogP contribution in [0.4, 0.5) is 0 Å². The summed E-state index contributed by atoms with van der Waals surface area (Å²) in [7, 11) is 0. The van der Waals surface area contributed by atoms with Gasteiger partial charge in [-0.25, -0.2) is 0 Å². The van der Waals surface area contributed by atoms with Gasteiger partial charge >= 0.3 is 0 Å². The summed E-state index contributed by atoms with van der Waals surface area (Å²) in [6.45, 7) is 0. The van der Waals surface area contributed by atoms with Crippen molar-refractivity contribution in [3.8, 4) is 6.07 Å².